The van der Waals surface area contributed by atoms with E-state index in [2.05, 4.69) is 0 Å². The molecule has 36 heavy (non-hydrogen) atoms. The Labute approximate surface area is 216 Å². The minimum atomic E-state index is -4.29. The number of ether oxygens (including phenoxy) is 1. The first-order valence-corrected chi connectivity index (χ1v) is 12.9. The molecular weight excluding hydrogens is 524 g/mol. The molecule has 0 aromatic heterocycles. The summed E-state index contributed by atoms with van der Waals surface area (Å²) in [4.78, 5) is 24.9. The van der Waals surface area contributed by atoms with E-state index < -0.39 is 15.0 Å². The highest BCUT2D eigenvalue weighted by molar-refractivity contribution is 8.27. The number of rotatable bonds is 7. The van der Waals surface area contributed by atoms with Gasteiger partial charge in [0.1, 0.15) is 16.4 Å². The zero-order chi connectivity index (χ0) is 26.0. The smallest absolute Gasteiger partial charge is 0.339 e. The van der Waals surface area contributed by atoms with Crippen LogP contribution in [0.2, 0.25) is 0 Å². The van der Waals surface area contributed by atoms with Crippen molar-refractivity contribution in [2.45, 2.75) is 11.8 Å². The number of nitro groups is 1. The molecular formula is C24H18N2O7S3. The van der Waals surface area contributed by atoms with E-state index in [9.17, 15) is 23.3 Å². The fraction of sp³-hybridized carbons (Fsp3) is 0.0833. The molecule has 12 heteroatoms. The zero-order valence-corrected chi connectivity index (χ0v) is 21.4. The minimum Gasteiger partial charge on any atom is -0.497 e. The van der Waals surface area contributed by atoms with Crippen LogP contribution in [0.5, 0.6) is 11.5 Å². The maximum atomic E-state index is 13.0. The van der Waals surface area contributed by atoms with Gasteiger partial charge in [0, 0.05) is 11.6 Å². The van der Waals surface area contributed by atoms with Crippen LogP contribution < -0.4 is 13.8 Å². The van der Waals surface area contributed by atoms with E-state index in [1.807, 2.05) is 0 Å². The number of hydrogen-bond donors (Lipinski definition) is 0. The van der Waals surface area contributed by atoms with Gasteiger partial charge in [0.2, 0.25) is 0 Å². The average molecular weight is 543 g/mol. The molecule has 1 amide bonds. The van der Waals surface area contributed by atoms with Gasteiger partial charge in [-0.15, -0.1) is 0 Å². The Morgan fingerprint density at radius 2 is 1.67 bits per heavy atom. The molecule has 4 rings (SSSR count). The van der Waals surface area contributed by atoms with Gasteiger partial charge in [-0.1, -0.05) is 42.2 Å². The third-order valence-corrected chi connectivity index (χ3v) is 7.72. The molecule has 0 atom stereocenters. The highest BCUT2D eigenvalue weighted by Crippen LogP contribution is 2.36. The Hall–Kier alpha value is -3.74. The number of carbonyl (C=O) groups excluding carboxylic acids is 1. The lowest BCUT2D eigenvalue weighted by Gasteiger charge is -2.14. The van der Waals surface area contributed by atoms with Crippen molar-refractivity contribution in [1.29, 1.82) is 0 Å². The van der Waals surface area contributed by atoms with Crippen LogP contribution in [0.15, 0.2) is 76.5 Å². The van der Waals surface area contributed by atoms with Gasteiger partial charge in [0.15, 0.2) is 4.32 Å². The number of thiocarbonyl (C=S) groups is 1. The van der Waals surface area contributed by atoms with Crippen LogP contribution >= 0.6 is 24.0 Å². The third kappa shape index (κ3) is 5.25. The SMILES string of the molecule is COc1ccc(N2C(=O)/C(=C\c3ccc(OS(=O)(=O)c4ccc(C)c([N+](=O)[O-])c4)cc3)SC2=S)cc1. The highest BCUT2D eigenvalue weighted by atomic mass is 32.2. The van der Waals surface area contributed by atoms with E-state index >= 15 is 0 Å². The van der Waals surface area contributed by atoms with Gasteiger partial charge < -0.3 is 8.92 Å². The molecule has 0 N–H and O–H groups in total. The Balaban J connectivity index is 1.51. The molecule has 1 heterocycles. The number of nitrogens with zero attached hydrogens (tertiary/aromatic N) is 2. The van der Waals surface area contributed by atoms with Crippen LogP contribution in [0.3, 0.4) is 0 Å². The summed E-state index contributed by atoms with van der Waals surface area (Å²) in [5.74, 6) is 0.393. The molecule has 9 nitrogen and oxygen atoms in total. The summed E-state index contributed by atoms with van der Waals surface area (Å²) in [7, 11) is -2.74. The van der Waals surface area contributed by atoms with E-state index in [4.69, 9.17) is 21.1 Å². The molecule has 3 aromatic carbocycles. The van der Waals surface area contributed by atoms with Crippen molar-refractivity contribution in [3.8, 4) is 11.5 Å². The van der Waals surface area contributed by atoms with Crippen molar-refractivity contribution in [2.24, 2.45) is 0 Å². The molecule has 3 aromatic rings. The molecule has 0 spiro atoms. The van der Waals surface area contributed by atoms with Crippen LogP contribution in [0.1, 0.15) is 11.1 Å². The lowest BCUT2D eigenvalue weighted by Crippen LogP contribution is -2.27. The quantitative estimate of drug-likeness (QED) is 0.132. The maximum absolute atomic E-state index is 13.0. The first kappa shape index (κ1) is 25.4. The summed E-state index contributed by atoms with van der Waals surface area (Å²) in [6.07, 6.45) is 1.64. The zero-order valence-electron chi connectivity index (χ0n) is 18.9. The number of benzene rings is 3. The number of anilines is 1. The second kappa shape index (κ2) is 10.1. The summed E-state index contributed by atoms with van der Waals surface area (Å²) in [6.45, 7) is 1.51. The first-order chi connectivity index (χ1) is 17.1. The van der Waals surface area contributed by atoms with Crippen LogP contribution in [-0.2, 0) is 14.9 Å². The second-order valence-electron chi connectivity index (χ2n) is 7.53. The van der Waals surface area contributed by atoms with Gasteiger partial charge in [-0.25, -0.2) is 0 Å². The summed E-state index contributed by atoms with van der Waals surface area (Å²) in [5.41, 5.74) is 1.26. The van der Waals surface area contributed by atoms with E-state index in [1.165, 1.54) is 36.1 Å². The number of amides is 1. The van der Waals surface area contributed by atoms with Crippen LogP contribution in [0.4, 0.5) is 11.4 Å². The molecule has 1 saturated heterocycles. The van der Waals surface area contributed by atoms with Gasteiger partial charge in [-0.05, 0) is 61.0 Å². The van der Waals surface area contributed by atoms with Gasteiger partial charge in [-0.3, -0.25) is 19.8 Å². The Morgan fingerprint density at radius 3 is 2.28 bits per heavy atom. The molecule has 0 bridgehead atoms. The predicted molar refractivity (Wildman–Crippen MR) is 141 cm³/mol. The Kier molecular flexibility index (Phi) is 7.11. The van der Waals surface area contributed by atoms with Gasteiger partial charge in [0.25, 0.3) is 11.6 Å². The number of methoxy groups -OCH3 is 1. The van der Waals surface area contributed by atoms with E-state index in [0.717, 1.165) is 17.8 Å². The Bertz CT molecular complexity index is 1500. The molecule has 0 unspecified atom stereocenters. The van der Waals surface area contributed by atoms with Crippen molar-refractivity contribution >= 4 is 61.8 Å². The van der Waals surface area contributed by atoms with Gasteiger partial charge in [-0.2, -0.15) is 8.42 Å². The molecule has 0 aliphatic carbocycles. The lowest BCUT2D eigenvalue weighted by atomic mass is 10.2. The van der Waals surface area contributed by atoms with E-state index in [0.29, 0.717) is 31.8 Å². The lowest BCUT2D eigenvalue weighted by molar-refractivity contribution is -0.385. The molecule has 1 aliphatic heterocycles. The normalized spacial score (nSPS) is 14.8. The van der Waals surface area contributed by atoms with Crippen molar-refractivity contribution in [3.05, 3.63) is 92.9 Å². The maximum Gasteiger partial charge on any atom is 0.339 e. The third-order valence-electron chi connectivity index (χ3n) is 5.17. The molecule has 0 radical (unpaired) electrons. The fourth-order valence-electron chi connectivity index (χ4n) is 3.31. The van der Waals surface area contributed by atoms with Crippen molar-refractivity contribution in [2.75, 3.05) is 12.0 Å². The fourth-order valence-corrected chi connectivity index (χ4v) is 5.56. The van der Waals surface area contributed by atoms with Crippen molar-refractivity contribution in [3.63, 3.8) is 0 Å². The summed E-state index contributed by atoms with van der Waals surface area (Å²) in [6, 6.07) is 16.5. The minimum absolute atomic E-state index is 0.0150. The monoisotopic (exact) mass is 542 g/mol. The van der Waals surface area contributed by atoms with Crippen LogP contribution in [0.25, 0.3) is 6.08 Å². The van der Waals surface area contributed by atoms with Gasteiger partial charge >= 0.3 is 10.1 Å². The average Bonchev–Trinajstić information content (AvgIpc) is 3.12. The standard InChI is InChI=1S/C24H18N2O7S3/c1-15-3-12-20(14-21(15)26(28)29)36(30,31)33-19-8-4-16(5-9-19)13-22-23(27)25(24(34)35-22)17-6-10-18(32-2)11-7-17/h3-14H,1-2H3/b22-13+. The summed E-state index contributed by atoms with van der Waals surface area (Å²) >= 11 is 6.53. The molecule has 1 aliphatic rings. The number of thioether (sulfide) groups is 1. The highest BCUT2D eigenvalue weighted by Gasteiger charge is 2.33. The number of nitro benzene ring substituents is 1. The summed E-state index contributed by atoms with van der Waals surface area (Å²) < 4.78 is 35.9. The van der Waals surface area contributed by atoms with Crippen molar-refractivity contribution in [1.82, 2.24) is 0 Å². The number of hydrogen-bond acceptors (Lipinski definition) is 9. The summed E-state index contributed by atoms with van der Waals surface area (Å²) in [5, 5.41) is 11.1. The largest absolute Gasteiger partial charge is 0.497 e. The molecule has 0 saturated carbocycles. The predicted octanol–water partition coefficient (Wildman–Crippen LogP) is 5.09. The van der Waals surface area contributed by atoms with Gasteiger partial charge in [0.05, 0.1) is 22.6 Å². The molecule has 1 fully saturated rings. The second-order valence-corrected chi connectivity index (χ2v) is 10.7. The Morgan fingerprint density at radius 1 is 1.03 bits per heavy atom. The van der Waals surface area contributed by atoms with Crippen LogP contribution in [-0.4, -0.2) is 30.7 Å². The topological polar surface area (TPSA) is 116 Å². The number of aryl methyl sites for hydroxylation is 1. The van der Waals surface area contributed by atoms with Crippen LogP contribution in [0, 0.1) is 17.0 Å². The van der Waals surface area contributed by atoms with E-state index in [1.54, 1.807) is 49.6 Å². The first-order valence-electron chi connectivity index (χ1n) is 10.3. The van der Waals surface area contributed by atoms with Crippen molar-refractivity contribution < 1.29 is 27.1 Å². The van der Waals surface area contributed by atoms with E-state index in [-0.39, 0.29) is 22.2 Å². The molecule has 184 valence electrons. The number of carbonyl (C=O) groups is 1.